The molecular formula is C15H29N. The van der Waals surface area contributed by atoms with Crippen LogP contribution >= 0.6 is 0 Å². The van der Waals surface area contributed by atoms with Crippen LogP contribution < -0.4 is 0 Å². The Balaban J connectivity index is 1.80. The van der Waals surface area contributed by atoms with Gasteiger partial charge in [-0.05, 0) is 82.3 Å². The lowest BCUT2D eigenvalue weighted by Gasteiger charge is -2.45. The van der Waals surface area contributed by atoms with Crippen molar-refractivity contribution in [2.24, 2.45) is 17.3 Å². The molecule has 0 unspecified atom stereocenters. The van der Waals surface area contributed by atoms with Crippen molar-refractivity contribution in [3.05, 3.63) is 0 Å². The summed E-state index contributed by atoms with van der Waals surface area (Å²) in [5.41, 5.74) is 0.764. The van der Waals surface area contributed by atoms with Crippen LogP contribution in [0.5, 0.6) is 0 Å². The molecule has 0 radical (unpaired) electrons. The molecule has 2 fully saturated rings. The number of hydrogen-bond acceptors (Lipinski definition) is 1. The van der Waals surface area contributed by atoms with Crippen molar-refractivity contribution in [1.82, 2.24) is 4.90 Å². The lowest BCUT2D eigenvalue weighted by atomic mass is 9.64. The van der Waals surface area contributed by atoms with Crippen LogP contribution in [0.2, 0.25) is 0 Å². The van der Waals surface area contributed by atoms with Gasteiger partial charge in [0, 0.05) is 0 Å². The molecule has 1 nitrogen and oxygen atoms in total. The number of hydrogen-bond donors (Lipinski definition) is 0. The van der Waals surface area contributed by atoms with Gasteiger partial charge in [0.2, 0.25) is 0 Å². The maximum atomic E-state index is 2.51. The first-order valence-corrected chi connectivity index (χ1v) is 7.28. The first-order valence-electron chi connectivity index (χ1n) is 7.28. The third-order valence-corrected chi connectivity index (χ3v) is 5.02. The van der Waals surface area contributed by atoms with E-state index in [4.69, 9.17) is 0 Å². The fraction of sp³-hybridized carbons (Fsp3) is 1.00. The largest absolute Gasteiger partial charge is 0.306 e. The zero-order valence-electron chi connectivity index (χ0n) is 11.5. The van der Waals surface area contributed by atoms with Gasteiger partial charge in [0.05, 0.1) is 0 Å². The van der Waals surface area contributed by atoms with Crippen molar-refractivity contribution in [2.75, 3.05) is 20.1 Å². The second-order valence-electron chi connectivity index (χ2n) is 6.88. The molecule has 0 atom stereocenters. The SMILES string of the molecule is CC(C)CC1CCC2(CC1)CCN(C)CC2. The standard InChI is InChI=1S/C15H29N/c1-13(2)12-14-4-6-15(7-5-14)8-10-16(3)11-9-15/h13-14H,4-12H2,1-3H3. The molecule has 1 heterocycles. The fourth-order valence-electron chi connectivity index (χ4n) is 3.79. The van der Waals surface area contributed by atoms with Crippen LogP contribution in [0.3, 0.4) is 0 Å². The van der Waals surface area contributed by atoms with Crippen LogP contribution in [0.25, 0.3) is 0 Å². The van der Waals surface area contributed by atoms with Crippen LogP contribution in [0.1, 0.15) is 58.8 Å². The molecule has 0 aromatic heterocycles. The predicted molar refractivity (Wildman–Crippen MR) is 70.6 cm³/mol. The Morgan fingerprint density at radius 2 is 1.62 bits per heavy atom. The molecule has 1 spiro atoms. The summed E-state index contributed by atoms with van der Waals surface area (Å²) in [5.74, 6) is 1.95. The molecule has 0 bridgehead atoms. The average molecular weight is 223 g/mol. The fourth-order valence-corrected chi connectivity index (χ4v) is 3.79. The lowest BCUT2D eigenvalue weighted by molar-refractivity contribution is 0.0585. The molecule has 94 valence electrons. The molecule has 1 saturated carbocycles. The highest BCUT2D eigenvalue weighted by molar-refractivity contribution is 4.89. The molecule has 0 aromatic carbocycles. The van der Waals surface area contributed by atoms with E-state index in [1.807, 2.05) is 0 Å². The van der Waals surface area contributed by atoms with E-state index in [0.29, 0.717) is 0 Å². The van der Waals surface area contributed by atoms with E-state index in [0.717, 1.165) is 17.3 Å². The molecule has 16 heavy (non-hydrogen) atoms. The van der Waals surface area contributed by atoms with E-state index in [2.05, 4.69) is 25.8 Å². The highest BCUT2D eigenvalue weighted by atomic mass is 15.1. The second-order valence-corrected chi connectivity index (χ2v) is 6.88. The summed E-state index contributed by atoms with van der Waals surface area (Å²) < 4.78 is 0. The number of likely N-dealkylation sites (tertiary alicyclic amines) is 1. The van der Waals surface area contributed by atoms with Crippen LogP contribution in [0.15, 0.2) is 0 Å². The van der Waals surface area contributed by atoms with E-state index in [-0.39, 0.29) is 0 Å². The third-order valence-electron chi connectivity index (χ3n) is 5.02. The topological polar surface area (TPSA) is 3.24 Å². The Labute approximate surface area is 102 Å². The van der Waals surface area contributed by atoms with Crippen molar-refractivity contribution >= 4 is 0 Å². The normalized spacial score (nSPS) is 27.8. The molecule has 1 saturated heterocycles. The Morgan fingerprint density at radius 1 is 1.06 bits per heavy atom. The smallest absolute Gasteiger partial charge is 0.00165 e. The molecule has 0 aromatic rings. The second kappa shape index (κ2) is 5.08. The van der Waals surface area contributed by atoms with Crippen molar-refractivity contribution in [3.8, 4) is 0 Å². The predicted octanol–water partition coefficient (Wildman–Crippen LogP) is 3.93. The van der Waals surface area contributed by atoms with Gasteiger partial charge in [-0.25, -0.2) is 0 Å². The monoisotopic (exact) mass is 223 g/mol. The first kappa shape index (κ1) is 12.4. The molecule has 1 aliphatic carbocycles. The number of nitrogens with zero attached hydrogens (tertiary/aromatic N) is 1. The van der Waals surface area contributed by atoms with Gasteiger partial charge in [0.1, 0.15) is 0 Å². The van der Waals surface area contributed by atoms with Crippen molar-refractivity contribution in [3.63, 3.8) is 0 Å². The Hall–Kier alpha value is -0.0400. The van der Waals surface area contributed by atoms with Crippen LogP contribution in [0, 0.1) is 17.3 Å². The highest BCUT2D eigenvalue weighted by Crippen LogP contribution is 2.47. The number of rotatable bonds is 2. The molecule has 0 amide bonds. The Kier molecular flexibility index (Phi) is 3.94. The van der Waals surface area contributed by atoms with Gasteiger partial charge in [-0.3, -0.25) is 0 Å². The van der Waals surface area contributed by atoms with Crippen LogP contribution in [-0.2, 0) is 0 Å². The maximum absolute atomic E-state index is 2.51. The summed E-state index contributed by atoms with van der Waals surface area (Å²) >= 11 is 0. The van der Waals surface area contributed by atoms with Gasteiger partial charge in [-0.15, -0.1) is 0 Å². The highest BCUT2D eigenvalue weighted by Gasteiger charge is 2.37. The van der Waals surface area contributed by atoms with Crippen LogP contribution in [-0.4, -0.2) is 25.0 Å². The van der Waals surface area contributed by atoms with Crippen LogP contribution in [0.4, 0.5) is 0 Å². The van der Waals surface area contributed by atoms with Gasteiger partial charge in [-0.2, -0.15) is 0 Å². The van der Waals surface area contributed by atoms with Crippen molar-refractivity contribution in [2.45, 2.75) is 58.8 Å². The van der Waals surface area contributed by atoms with E-state index < -0.39 is 0 Å². The van der Waals surface area contributed by atoms with E-state index in [1.165, 1.54) is 58.0 Å². The minimum absolute atomic E-state index is 0.764. The summed E-state index contributed by atoms with van der Waals surface area (Å²) in [5, 5.41) is 0. The first-order chi connectivity index (χ1) is 7.60. The zero-order valence-corrected chi connectivity index (χ0v) is 11.5. The molecule has 0 N–H and O–H groups in total. The summed E-state index contributed by atoms with van der Waals surface area (Å²) in [4.78, 5) is 2.51. The molecule has 2 aliphatic rings. The lowest BCUT2D eigenvalue weighted by Crippen LogP contribution is -2.40. The summed E-state index contributed by atoms with van der Waals surface area (Å²) in [6, 6.07) is 0. The summed E-state index contributed by atoms with van der Waals surface area (Å²) in [6.45, 7) is 7.43. The minimum atomic E-state index is 0.764. The molecule has 2 rings (SSSR count). The average Bonchev–Trinajstić information content (AvgIpc) is 2.26. The zero-order chi connectivity index (χ0) is 11.6. The summed E-state index contributed by atoms with van der Waals surface area (Å²) in [6.07, 6.45) is 10.5. The van der Waals surface area contributed by atoms with Gasteiger partial charge in [-0.1, -0.05) is 13.8 Å². The van der Waals surface area contributed by atoms with Crippen molar-refractivity contribution in [1.29, 1.82) is 0 Å². The third kappa shape index (κ3) is 3.00. The van der Waals surface area contributed by atoms with E-state index >= 15 is 0 Å². The Morgan fingerprint density at radius 3 is 2.12 bits per heavy atom. The molecule has 1 aliphatic heterocycles. The minimum Gasteiger partial charge on any atom is -0.306 e. The van der Waals surface area contributed by atoms with Gasteiger partial charge >= 0.3 is 0 Å². The van der Waals surface area contributed by atoms with Crippen molar-refractivity contribution < 1.29 is 0 Å². The van der Waals surface area contributed by atoms with Gasteiger partial charge < -0.3 is 4.90 Å². The van der Waals surface area contributed by atoms with Gasteiger partial charge in [0.25, 0.3) is 0 Å². The maximum Gasteiger partial charge on any atom is -0.00165 e. The number of piperidine rings is 1. The Bertz CT molecular complexity index is 203. The molecule has 1 heteroatoms. The summed E-state index contributed by atoms with van der Waals surface area (Å²) in [7, 11) is 2.28. The van der Waals surface area contributed by atoms with E-state index in [1.54, 1.807) is 0 Å². The van der Waals surface area contributed by atoms with E-state index in [9.17, 15) is 0 Å². The quantitative estimate of drug-likeness (QED) is 0.685. The molecular weight excluding hydrogens is 194 g/mol. The van der Waals surface area contributed by atoms with Gasteiger partial charge in [0.15, 0.2) is 0 Å².